The number of likely N-dealkylation sites (tertiary alicyclic amines) is 2. The number of hydrogen-bond acceptors (Lipinski definition) is 8. The number of aliphatic hydroxyl groups excluding tert-OH is 2. The Balaban J connectivity index is 1.29. The molecular weight excluding hydrogens is 598 g/mol. The van der Waals surface area contributed by atoms with Gasteiger partial charge in [0.2, 0.25) is 17.7 Å². The Hall–Kier alpha value is -3.51. The highest BCUT2D eigenvalue weighted by molar-refractivity contribution is 5.82. The summed E-state index contributed by atoms with van der Waals surface area (Å²) in [5.74, 6) is 0.789. The topological polar surface area (TPSA) is 143 Å². The van der Waals surface area contributed by atoms with Gasteiger partial charge in [0.25, 0.3) is 0 Å². The zero-order valence-corrected chi connectivity index (χ0v) is 27.5. The third-order valence-corrected chi connectivity index (χ3v) is 9.84. The predicted molar refractivity (Wildman–Crippen MR) is 178 cm³/mol. The second-order valence-corrected chi connectivity index (χ2v) is 13.5. The van der Waals surface area contributed by atoms with Crippen LogP contribution in [0.4, 0.5) is 0 Å². The van der Waals surface area contributed by atoms with E-state index in [1.807, 2.05) is 42.5 Å². The quantitative estimate of drug-likeness (QED) is 0.330. The standard InChI is InChI=1S/C36H51N5O6/c1-47-32-9-5-8-26(16-32)21-40-15-12-27-17-34(44)37-14-11-30(42)19-31(43)20-35(45)39-29-18-33(36(46)38-13-10-28(27)23-40)41(24-29)22-25-6-3-2-4-7-25/h2-9,16,27-31,33,42-43H,10-15,17-24H2,1H3,(H,37,44)(H,38,46)(H,39,45)/t27-,28-,29-,30+,31+,33-/m0/s1. The second kappa shape index (κ2) is 17.1. The van der Waals surface area contributed by atoms with Gasteiger partial charge in [0.05, 0.1) is 31.8 Å². The van der Waals surface area contributed by atoms with E-state index < -0.39 is 18.2 Å². The minimum Gasteiger partial charge on any atom is -0.497 e. The lowest BCUT2D eigenvalue weighted by Gasteiger charge is -2.39. The van der Waals surface area contributed by atoms with Gasteiger partial charge < -0.3 is 30.9 Å². The highest BCUT2D eigenvalue weighted by atomic mass is 16.5. The smallest absolute Gasteiger partial charge is 0.237 e. The summed E-state index contributed by atoms with van der Waals surface area (Å²) in [5, 5.41) is 30.1. The third kappa shape index (κ3) is 10.5. The molecule has 11 nitrogen and oxygen atoms in total. The first kappa shape index (κ1) is 34.8. The molecule has 11 heteroatoms. The summed E-state index contributed by atoms with van der Waals surface area (Å²) in [5.41, 5.74) is 2.26. The predicted octanol–water partition coefficient (Wildman–Crippen LogP) is 1.81. The Morgan fingerprint density at radius 2 is 1.57 bits per heavy atom. The van der Waals surface area contributed by atoms with Gasteiger partial charge in [0, 0.05) is 51.7 Å². The Morgan fingerprint density at radius 3 is 2.38 bits per heavy atom. The van der Waals surface area contributed by atoms with Crippen molar-refractivity contribution in [3.8, 4) is 5.75 Å². The van der Waals surface area contributed by atoms with Crippen molar-refractivity contribution < 1.29 is 29.3 Å². The number of benzene rings is 2. The molecule has 0 aromatic heterocycles. The molecule has 3 fully saturated rings. The molecule has 47 heavy (non-hydrogen) atoms. The Kier molecular flexibility index (Phi) is 12.6. The van der Waals surface area contributed by atoms with Crippen molar-refractivity contribution in [3.05, 3.63) is 65.7 Å². The summed E-state index contributed by atoms with van der Waals surface area (Å²) in [7, 11) is 1.67. The van der Waals surface area contributed by atoms with E-state index in [4.69, 9.17) is 4.74 Å². The Morgan fingerprint density at radius 1 is 0.787 bits per heavy atom. The number of aliphatic hydroxyl groups is 2. The maximum atomic E-state index is 13.7. The molecule has 0 aliphatic carbocycles. The molecule has 256 valence electrons. The van der Waals surface area contributed by atoms with Crippen LogP contribution in [-0.2, 0) is 27.5 Å². The maximum Gasteiger partial charge on any atom is 0.237 e. The number of hydrogen-bond donors (Lipinski definition) is 5. The molecule has 2 bridgehead atoms. The molecular formula is C36H51N5O6. The van der Waals surface area contributed by atoms with E-state index in [-0.39, 0.29) is 48.4 Å². The van der Waals surface area contributed by atoms with Gasteiger partial charge in [-0.2, -0.15) is 0 Å². The van der Waals surface area contributed by atoms with E-state index >= 15 is 0 Å². The number of ether oxygens (including phenoxy) is 1. The monoisotopic (exact) mass is 649 g/mol. The lowest BCUT2D eigenvalue weighted by Crippen LogP contribution is -2.45. The summed E-state index contributed by atoms with van der Waals surface area (Å²) in [6.07, 6.45) is 0.869. The van der Waals surface area contributed by atoms with E-state index in [2.05, 4.69) is 37.9 Å². The summed E-state index contributed by atoms with van der Waals surface area (Å²) in [4.78, 5) is 44.0. The van der Waals surface area contributed by atoms with Crippen LogP contribution in [0.5, 0.6) is 5.75 Å². The molecule has 2 aromatic carbocycles. The Bertz CT molecular complexity index is 1330. The summed E-state index contributed by atoms with van der Waals surface area (Å²) in [6.45, 7) is 4.38. The molecule has 3 aliphatic heterocycles. The fraction of sp³-hybridized carbons (Fsp3) is 0.583. The molecule has 2 aromatic rings. The van der Waals surface area contributed by atoms with Crippen LogP contribution in [0.1, 0.15) is 56.1 Å². The molecule has 3 heterocycles. The lowest BCUT2D eigenvalue weighted by atomic mass is 9.80. The van der Waals surface area contributed by atoms with Crippen LogP contribution in [0.25, 0.3) is 0 Å². The number of amides is 3. The van der Waals surface area contributed by atoms with Crippen LogP contribution >= 0.6 is 0 Å². The largest absolute Gasteiger partial charge is 0.497 e. The van der Waals surface area contributed by atoms with Crippen molar-refractivity contribution in [3.63, 3.8) is 0 Å². The van der Waals surface area contributed by atoms with Gasteiger partial charge in [0.15, 0.2) is 0 Å². The van der Waals surface area contributed by atoms with Gasteiger partial charge in [-0.25, -0.2) is 0 Å². The molecule has 0 spiro atoms. The molecule has 3 amide bonds. The van der Waals surface area contributed by atoms with Crippen molar-refractivity contribution in [1.29, 1.82) is 0 Å². The highest BCUT2D eigenvalue weighted by Gasteiger charge is 2.38. The molecule has 5 rings (SSSR count). The van der Waals surface area contributed by atoms with E-state index in [1.54, 1.807) is 7.11 Å². The second-order valence-electron chi connectivity index (χ2n) is 13.5. The molecule has 3 saturated heterocycles. The van der Waals surface area contributed by atoms with Crippen molar-refractivity contribution in [2.75, 3.05) is 39.8 Å². The number of carbonyl (C=O) groups excluding carboxylic acids is 3. The normalized spacial score (nSPS) is 29.2. The van der Waals surface area contributed by atoms with Gasteiger partial charge in [-0.05, 0) is 73.7 Å². The van der Waals surface area contributed by atoms with Crippen LogP contribution in [-0.4, -0.2) is 102 Å². The number of methoxy groups -OCH3 is 1. The number of nitrogens with one attached hydrogen (secondary N) is 3. The molecule has 0 unspecified atom stereocenters. The first-order valence-electron chi connectivity index (χ1n) is 17.1. The van der Waals surface area contributed by atoms with Crippen LogP contribution in [0, 0.1) is 11.8 Å². The summed E-state index contributed by atoms with van der Waals surface area (Å²) in [6, 6.07) is 17.4. The fourth-order valence-electron chi connectivity index (χ4n) is 7.40. The highest BCUT2D eigenvalue weighted by Crippen LogP contribution is 2.30. The zero-order valence-electron chi connectivity index (χ0n) is 27.5. The van der Waals surface area contributed by atoms with Gasteiger partial charge in [-0.3, -0.25) is 24.2 Å². The van der Waals surface area contributed by atoms with Crippen molar-refractivity contribution in [2.24, 2.45) is 11.8 Å². The van der Waals surface area contributed by atoms with E-state index in [1.165, 1.54) is 5.56 Å². The molecule has 5 N–H and O–H groups in total. The lowest BCUT2D eigenvalue weighted by molar-refractivity contribution is -0.126. The van der Waals surface area contributed by atoms with Gasteiger partial charge in [-0.15, -0.1) is 0 Å². The van der Waals surface area contributed by atoms with Gasteiger partial charge >= 0.3 is 0 Å². The number of fused-ring (bicyclic) bond motifs is 3. The molecule has 0 saturated carbocycles. The summed E-state index contributed by atoms with van der Waals surface area (Å²) < 4.78 is 5.42. The minimum absolute atomic E-state index is 0.0486. The van der Waals surface area contributed by atoms with Gasteiger partial charge in [-0.1, -0.05) is 42.5 Å². The number of nitrogens with zero attached hydrogens (tertiary/aromatic N) is 2. The van der Waals surface area contributed by atoms with Crippen molar-refractivity contribution in [1.82, 2.24) is 25.8 Å². The maximum absolute atomic E-state index is 13.7. The SMILES string of the molecule is COc1cccc(CN2CC[C@H]3CC(=O)NCC[C@@H](O)C[C@@H](O)CC(=O)N[C@H]4C[C@@H](C(=O)NCC[C@H]3C2)N(Cc2ccccc2)C4)c1. The van der Waals surface area contributed by atoms with Crippen molar-refractivity contribution >= 4 is 17.7 Å². The Labute approximate surface area is 278 Å². The average molecular weight is 650 g/mol. The van der Waals surface area contributed by atoms with Crippen LogP contribution in [0.3, 0.4) is 0 Å². The van der Waals surface area contributed by atoms with Crippen LogP contribution < -0.4 is 20.7 Å². The van der Waals surface area contributed by atoms with E-state index in [0.717, 1.165) is 43.8 Å². The number of carbonyl (C=O) groups is 3. The number of rotatable bonds is 5. The number of piperidine rings is 1. The van der Waals surface area contributed by atoms with Crippen LogP contribution in [0.15, 0.2) is 54.6 Å². The first-order valence-corrected chi connectivity index (χ1v) is 17.1. The van der Waals surface area contributed by atoms with Crippen LogP contribution in [0.2, 0.25) is 0 Å². The molecule has 0 radical (unpaired) electrons. The minimum atomic E-state index is -1.00. The summed E-state index contributed by atoms with van der Waals surface area (Å²) >= 11 is 0. The van der Waals surface area contributed by atoms with Gasteiger partial charge in [0.1, 0.15) is 5.75 Å². The van der Waals surface area contributed by atoms with E-state index in [0.29, 0.717) is 45.4 Å². The zero-order chi connectivity index (χ0) is 33.2. The third-order valence-electron chi connectivity index (χ3n) is 9.84. The first-order chi connectivity index (χ1) is 22.7. The van der Waals surface area contributed by atoms with E-state index in [9.17, 15) is 24.6 Å². The average Bonchev–Trinajstić information content (AvgIpc) is 3.43. The fourth-order valence-corrected chi connectivity index (χ4v) is 7.40. The molecule has 3 aliphatic rings. The molecule has 6 atom stereocenters. The van der Waals surface area contributed by atoms with Crippen molar-refractivity contribution in [2.45, 2.75) is 82.3 Å².